The van der Waals surface area contributed by atoms with Crippen LogP contribution < -0.4 is 4.90 Å². The number of benzene rings is 1. The number of hydrogen-bond donors (Lipinski definition) is 0. The summed E-state index contributed by atoms with van der Waals surface area (Å²) in [5, 5.41) is 0. The van der Waals surface area contributed by atoms with Crippen molar-refractivity contribution >= 4 is 17.5 Å². The number of carbonyl (C=O) groups is 2. The van der Waals surface area contributed by atoms with Crippen molar-refractivity contribution < 1.29 is 9.59 Å². The van der Waals surface area contributed by atoms with Gasteiger partial charge in [-0.25, -0.2) is 0 Å². The Hall–Kier alpha value is -1.84. The summed E-state index contributed by atoms with van der Waals surface area (Å²) in [4.78, 5) is 27.9. The molecule has 0 radical (unpaired) electrons. The molecular weight excluding hydrogens is 264 g/mol. The molecule has 0 atom stereocenters. The van der Waals surface area contributed by atoms with Gasteiger partial charge < -0.3 is 9.80 Å². The number of fused-ring (bicyclic) bond motifs is 1. The highest BCUT2D eigenvalue weighted by Gasteiger charge is 2.29. The molecule has 4 nitrogen and oxygen atoms in total. The van der Waals surface area contributed by atoms with Crippen molar-refractivity contribution in [2.75, 3.05) is 18.0 Å². The lowest BCUT2D eigenvalue weighted by Gasteiger charge is -2.37. The van der Waals surface area contributed by atoms with Crippen molar-refractivity contribution in [1.82, 2.24) is 4.90 Å². The van der Waals surface area contributed by atoms with E-state index in [2.05, 4.69) is 6.07 Å². The molecular formula is C17H24N2O2. The maximum absolute atomic E-state index is 12.7. The Bertz CT molecular complexity index is 546. The van der Waals surface area contributed by atoms with Crippen LogP contribution in [0.5, 0.6) is 0 Å². The van der Waals surface area contributed by atoms with E-state index in [0.717, 1.165) is 25.1 Å². The highest BCUT2D eigenvalue weighted by molar-refractivity contribution is 5.97. The first-order chi connectivity index (χ1) is 9.80. The number of amides is 2. The second kappa shape index (κ2) is 5.88. The number of aryl methyl sites for hydroxylation is 1. The average molecular weight is 288 g/mol. The summed E-state index contributed by atoms with van der Waals surface area (Å²) in [5.41, 5.74) is 1.85. The van der Waals surface area contributed by atoms with Crippen molar-refractivity contribution in [2.45, 2.75) is 46.1 Å². The summed E-state index contributed by atoms with van der Waals surface area (Å²) >= 11 is 0. The lowest BCUT2D eigenvalue weighted by Crippen LogP contribution is -2.51. The zero-order valence-corrected chi connectivity index (χ0v) is 13.3. The van der Waals surface area contributed by atoms with Gasteiger partial charge in [-0.1, -0.05) is 18.2 Å². The molecule has 0 aliphatic carbocycles. The molecule has 1 heterocycles. The molecule has 0 spiro atoms. The maximum atomic E-state index is 12.7. The average Bonchev–Trinajstić information content (AvgIpc) is 2.42. The SMILES string of the molecule is CC(=O)N(CC(=O)N1CCCc2ccccc21)C(C)(C)C. The van der Waals surface area contributed by atoms with Gasteiger partial charge in [0.1, 0.15) is 6.54 Å². The Morgan fingerprint density at radius 2 is 1.90 bits per heavy atom. The first-order valence-corrected chi connectivity index (χ1v) is 7.47. The van der Waals surface area contributed by atoms with E-state index in [-0.39, 0.29) is 23.9 Å². The lowest BCUT2D eigenvalue weighted by atomic mass is 10.0. The second-order valence-corrected chi connectivity index (χ2v) is 6.55. The highest BCUT2D eigenvalue weighted by Crippen LogP contribution is 2.27. The summed E-state index contributed by atoms with van der Waals surface area (Å²) in [6, 6.07) is 8.02. The zero-order valence-electron chi connectivity index (χ0n) is 13.3. The van der Waals surface area contributed by atoms with Crippen molar-refractivity contribution in [2.24, 2.45) is 0 Å². The van der Waals surface area contributed by atoms with Gasteiger partial charge in [0.05, 0.1) is 0 Å². The summed E-state index contributed by atoms with van der Waals surface area (Å²) in [7, 11) is 0. The Kier molecular flexibility index (Phi) is 4.35. The number of para-hydroxylation sites is 1. The lowest BCUT2D eigenvalue weighted by molar-refractivity contribution is -0.138. The van der Waals surface area contributed by atoms with Crippen LogP contribution in [0, 0.1) is 0 Å². The molecule has 114 valence electrons. The fourth-order valence-electron chi connectivity index (χ4n) is 2.83. The number of anilines is 1. The molecule has 4 heteroatoms. The van der Waals surface area contributed by atoms with Crippen molar-refractivity contribution in [1.29, 1.82) is 0 Å². The van der Waals surface area contributed by atoms with E-state index in [9.17, 15) is 9.59 Å². The summed E-state index contributed by atoms with van der Waals surface area (Å²) in [6.45, 7) is 8.23. The Morgan fingerprint density at radius 3 is 2.52 bits per heavy atom. The van der Waals surface area contributed by atoms with Gasteiger partial charge in [-0.15, -0.1) is 0 Å². The summed E-state index contributed by atoms with van der Waals surface area (Å²) < 4.78 is 0. The standard InChI is InChI=1S/C17H24N2O2/c1-13(20)19(17(2,3)4)12-16(21)18-11-7-9-14-8-5-6-10-15(14)18/h5-6,8,10H,7,9,11-12H2,1-4H3. The minimum atomic E-state index is -0.350. The molecule has 1 aromatic rings. The molecule has 0 fully saturated rings. The van der Waals surface area contributed by atoms with Crippen LogP contribution in [-0.2, 0) is 16.0 Å². The van der Waals surface area contributed by atoms with Crippen molar-refractivity contribution in [3.05, 3.63) is 29.8 Å². The first-order valence-electron chi connectivity index (χ1n) is 7.47. The van der Waals surface area contributed by atoms with Gasteiger partial charge >= 0.3 is 0 Å². The summed E-state index contributed by atoms with van der Waals surface area (Å²) in [6.07, 6.45) is 1.98. The molecule has 0 aromatic heterocycles. The molecule has 0 unspecified atom stereocenters. The van der Waals surface area contributed by atoms with Gasteiger partial charge in [0.15, 0.2) is 0 Å². The number of carbonyl (C=O) groups excluding carboxylic acids is 2. The van der Waals surface area contributed by atoms with Crippen molar-refractivity contribution in [3.63, 3.8) is 0 Å². The summed E-state index contributed by atoms with van der Waals surface area (Å²) in [5.74, 6) is -0.0755. The van der Waals surface area contributed by atoms with Crippen LogP contribution >= 0.6 is 0 Å². The molecule has 2 amide bonds. The van der Waals surface area contributed by atoms with Gasteiger partial charge in [0.2, 0.25) is 11.8 Å². The largest absolute Gasteiger partial charge is 0.329 e. The monoisotopic (exact) mass is 288 g/mol. The Morgan fingerprint density at radius 1 is 1.24 bits per heavy atom. The van der Waals surface area contributed by atoms with E-state index in [1.54, 1.807) is 4.90 Å². The fourth-order valence-corrected chi connectivity index (χ4v) is 2.83. The molecule has 1 aromatic carbocycles. The van der Waals surface area contributed by atoms with Crippen LogP contribution in [0.15, 0.2) is 24.3 Å². The predicted molar refractivity (Wildman–Crippen MR) is 84.3 cm³/mol. The van der Waals surface area contributed by atoms with Gasteiger partial charge in [-0.05, 0) is 45.2 Å². The molecule has 1 aliphatic rings. The maximum Gasteiger partial charge on any atom is 0.246 e. The number of rotatable bonds is 2. The Balaban J connectivity index is 2.20. The number of hydrogen-bond acceptors (Lipinski definition) is 2. The molecule has 0 saturated heterocycles. The minimum absolute atomic E-state index is 0.00715. The van der Waals surface area contributed by atoms with Gasteiger partial charge in [-0.3, -0.25) is 9.59 Å². The van der Waals surface area contributed by atoms with Crippen LogP contribution in [0.1, 0.15) is 39.7 Å². The second-order valence-electron chi connectivity index (χ2n) is 6.55. The van der Waals surface area contributed by atoms with E-state index in [1.807, 2.05) is 43.9 Å². The topological polar surface area (TPSA) is 40.6 Å². The van der Waals surface area contributed by atoms with E-state index >= 15 is 0 Å². The first kappa shape index (κ1) is 15.5. The van der Waals surface area contributed by atoms with Crippen LogP contribution in [0.3, 0.4) is 0 Å². The van der Waals surface area contributed by atoms with E-state index < -0.39 is 0 Å². The molecule has 0 N–H and O–H groups in total. The predicted octanol–water partition coefficient (Wildman–Crippen LogP) is 2.61. The van der Waals surface area contributed by atoms with Crippen LogP contribution in [-0.4, -0.2) is 35.3 Å². The van der Waals surface area contributed by atoms with E-state index in [1.165, 1.54) is 12.5 Å². The van der Waals surface area contributed by atoms with E-state index in [0.29, 0.717) is 0 Å². The molecule has 0 bridgehead atoms. The zero-order chi connectivity index (χ0) is 15.6. The third-order valence-electron chi connectivity index (χ3n) is 3.89. The normalized spacial score (nSPS) is 14.6. The van der Waals surface area contributed by atoms with Crippen molar-refractivity contribution in [3.8, 4) is 0 Å². The minimum Gasteiger partial charge on any atom is -0.329 e. The van der Waals surface area contributed by atoms with Crippen LogP contribution in [0.2, 0.25) is 0 Å². The van der Waals surface area contributed by atoms with Crippen LogP contribution in [0.25, 0.3) is 0 Å². The number of nitrogens with zero attached hydrogens (tertiary/aromatic N) is 2. The Labute approximate surface area is 126 Å². The molecule has 1 aliphatic heterocycles. The third-order valence-corrected chi connectivity index (χ3v) is 3.89. The van der Waals surface area contributed by atoms with Gasteiger partial charge in [-0.2, -0.15) is 0 Å². The molecule has 21 heavy (non-hydrogen) atoms. The third kappa shape index (κ3) is 3.43. The quantitative estimate of drug-likeness (QED) is 0.839. The fraction of sp³-hybridized carbons (Fsp3) is 0.529. The van der Waals surface area contributed by atoms with Crippen LogP contribution in [0.4, 0.5) is 5.69 Å². The molecule has 2 rings (SSSR count). The van der Waals surface area contributed by atoms with Gasteiger partial charge in [0.25, 0.3) is 0 Å². The highest BCUT2D eigenvalue weighted by atomic mass is 16.2. The van der Waals surface area contributed by atoms with Gasteiger partial charge in [0, 0.05) is 24.7 Å². The molecule has 0 saturated carbocycles. The van der Waals surface area contributed by atoms with E-state index in [4.69, 9.17) is 0 Å². The smallest absolute Gasteiger partial charge is 0.246 e.